The molecule has 0 aliphatic carbocycles. The summed E-state index contributed by atoms with van der Waals surface area (Å²) >= 11 is 3.38. The Kier molecular flexibility index (Phi) is 5.06. The average Bonchev–Trinajstić information content (AvgIpc) is 2.59. The molecule has 1 fully saturated rings. The molecule has 1 amide bonds. The maximum absolute atomic E-state index is 12.2. The Morgan fingerprint density at radius 1 is 1.60 bits per heavy atom. The van der Waals surface area contributed by atoms with Crippen molar-refractivity contribution in [2.45, 2.75) is 39.3 Å². The van der Waals surface area contributed by atoms with Crippen molar-refractivity contribution < 1.29 is 9.53 Å². The first-order valence-corrected chi connectivity index (χ1v) is 6.68. The molecule has 1 heterocycles. The number of carbonyl (C=O) groups excluding carboxylic acids is 1. The highest BCUT2D eigenvalue weighted by molar-refractivity contribution is 9.09. The fraction of sp³-hybridized carbons (Fsp3) is 0.909. The van der Waals surface area contributed by atoms with Crippen molar-refractivity contribution in [3.8, 4) is 0 Å². The van der Waals surface area contributed by atoms with Crippen LogP contribution in [-0.2, 0) is 9.53 Å². The second-order valence-electron chi connectivity index (χ2n) is 4.37. The number of ether oxygens (including phenoxy) is 1. The van der Waals surface area contributed by atoms with E-state index in [2.05, 4.69) is 22.9 Å². The molecular formula is C11H20BrNO2. The van der Waals surface area contributed by atoms with Gasteiger partial charge >= 0.3 is 0 Å². The van der Waals surface area contributed by atoms with Crippen LogP contribution >= 0.6 is 15.9 Å². The molecule has 0 saturated carbocycles. The van der Waals surface area contributed by atoms with E-state index in [0.717, 1.165) is 24.9 Å². The average molecular weight is 278 g/mol. The second kappa shape index (κ2) is 5.85. The Balaban J connectivity index is 2.62. The molecule has 0 aromatic carbocycles. The van der Waals surface area contributed by atoms with E-state index in [1.165, 1.54) is 0 Å². The van der Waals surface area contributed by atoms with Gasteiger partial charge in [-0.1, -0.05) is 22.9 Å². The van der Waals surface area contributed by atoms with E-state index in [9.17, 15) is 4.79 Å². The molecule has 1 aliphatic heterocycles. The Labute approximate surface area is 100 Å². The van der Waals surface area contributed by atoms with Gasteiger partial charge in [0.25, 0.3) is 5.91 Å². The van der Waals surface area contributed by atoms with Gasteiger partial charge in [-0.05, 0) is 26.2 Å². The lowest BCUT2D eigenvalue weighted by Gasteiger charge is -2.29. The number of carbonyl (C=O) groups is 1. The molecule has 1 rings (SSSR count). The van der Waals surface area contributed by atoms with Gasteiger partial charge in [-0.15, -0.1) is 0 Å². The van der Waals surface area contributed by atoms with Crippen molar-refractivity contribution in [3.05, 3.63) is 0 Å². The Bertz CT molecular complexity index is 221. The predicted molar refractivity (Wildman–Crippen MR) is 64.2 cm³/mol. The largest absolute Gasteiger partial charge is 0.368 e. The fourth-order valence-corrected chi connectivity index (χ4v) is 2.27. The molecule has 0 N–H and O–H groups in total. The van der Waals surface area contributed by atoms with Gasteiger partial charge in [0.05, 0.1) is 0 Å². The third-order valence-corrected chi connectivity index (χ3v) is 3.22. The summed E-state index contributed by atoms with van der Waals surface area (Å²) in [5, 5.41) is 0.817. The van der Waals surface area contributed by atoms with E-state index in [1.54, 1.807) is 0 Å². The summed E-state index contributed by atoms with van der Waals surface area (Å²) in [4.78, 5) is 14.1. The number of nitrogens with zero attached hydrogens (tertiary/aromatic N) is 1. The van der Waals surface area contributed by atoms with E-state index in [-0.39, 0.29) is 18.1 Å². The summed E-state index contributed by atoms with van der Waals surface area (Å²) in [5.74, 6) is 0.503. The molecule has 15 heavy (non-hydrogen) atoms. The van der Waals surface area contributed by atoms with Crippen molar-refractivity contribution in [1.82, 2.24) is 4.90 Å². The van der Waals surface area contributed by atoms with E-state index in [4.69, 9.17) is 4.74 Å². The zero-order valence-corrected chi connectivity index (χ0v) is 11.3. The van der Waals surface area contributed by atoms with Gasteiger partial charge < -0.3 is 9.64 Å². The van der Waals surface area contributed by atoms with Gasteiger partial charge in [0.1, 0.15) is 6.10 Å². The molecule has 1 saturated heterocycles. The van der Waals surface area contributed by atoms with Crippen LogP contribution in [0, 0.1) is 5.92 Å². The summed E-state index contributed by atoms with van der Waals surface area (Å²) in [6, 6.07) is 0.242. The van der Waals surface area contributed by atoms with Crippen molar-refractivity contribution in [3.63, 3.8) is 0 Å². The standard InChI is InChI=1S/C11H20BrNO2/c1-8(2)13(6-5-12)11(14)10-9(3)4-7-15-10/h8-10H,4-7H2,1-3H3. The van der Waals surface area contributed by atoms with Gasteiger partial charge in [0, 0.05) is 24.5 Å². The minimum Gasteiger partial charge on any atom is -0.368 e. The first-order valence-electron chi connectivity index (χ1n) is 5.56. The van der Waals surface area contributed by atoms with E-state index >= 15 is 0 Å². The zero-order valence-electron chi connectivity index (χ0n) is 9.70. The Morgan fingerprint density at radius 3 is 2.67 bits per heavy atom. The summed E-state index contributed by atoms with van der Waals surface area (Å²) in [5.41, 5.74) is 0. The molecule has 0 aromatic heterocycles. The number of rotatable bonds is 4. The van der Waals surface area contributed by atoms with Crippen molar-refractivity contribution in [1.29, 1.82) is 0 Å². The van der Waals surface area contributed by atoms with E-state index in [1.807, 2.05) is 18.7 Å². The Morgan fingerprint density at radius 2 is 2.27 bits per heavy atom. The molecule has 88 valence electrons. The number of halogens is 1. The van der Waals surface area contributed by atoms with Crippen molar-refractivity contribution in [2.24, 2.45) is 5.92 Å². The van der Waals surface area contributed by atoms with E-state index in [0.29, 0.717) is 5.92 Å². The SMILES string of the molecule is CC1CCOC1C(=O)N(CCBr)C(C)C. The molecule has 4 heteroatoms. The van der Waals surface area contributed by atoms with Crippen LogP contribution in [0.25, 0.3) is 0 Å². The van der Waals surface area contributed by atoms with Crippen LogP contribution in [0.4, 0.5) is 0 Å². The molecule has 0 aromatic rings. The molecule has 2 unspecified atom stereocenters. The van der Waals surface area contributed by atoms with Gasteiger partial charge in [0.15, 0.2) is 0 Å². The minimum atomic E-state index is -0.216. The Hall–Kier alpha value is -0.0900. The van der Waals surface area contributed by atoms with Crippen LogP contribution in [0.3, 0.4) is 0 Å². The quantitative estimate of drug-likeness (QED) is 0.736. The molecular weight excluding hydrogens is 258 g/mol. The molecule has 0 spiro atoms. The monoisotopic (exact) mass is 277 g/mol. The van der Waals surface area contributed by atoms with Crippen LogP contribution in [0.15, 0.2) is 0 Å². The van der Waals surface area contributed by atoms with Crippen LogP contribution in [-0.4, -0.2) is 41.4 Å². The van der Waals surface area contributed by atoms with Crippen LogP contribution < -0.4 is 0 Å². The maximum Gasteiger partial charge on any atom is 0.252 e. The zero-order chi connectivity index (χ0) is 11.4. The first kappa shape index (κ1) is 13.0. The van der Waals surface area contributed by atoms with Crippen LogP contribution in [0.5, 0.6) is 0 Å². The number of hydrogen-bond donors (Lipinski definition) is 0. The lowest BCUT2D eigenvalue weighted by Crippen LogP contribution is -2.45. The van der Waals surface area contributed by atoms with Crippen LogP contribution in [0.1, 0.15) is 27.2 Å². The summed E-state index contributed by atoms with van der Waals surface area (Å²) < 4.78 is 5.50. The third-order valence-electron chi connectivity index (χ3n) is 2.86. The van der Waals surface area contributed by atoms with Crippen LogP contribution in [0.2, 0.25) is 0 Å². The molecule has 0 bridgehead atoms. The minimum absolute atomic E-state index is 0.148. The molecule has 0 radical (unpaired) electrons. The summed E-state index contributed by atoms with van der Waals surface area (Å²) in [6.07, 6.45) is 0.780. The number of hydrogen-bond acceptors (Lipinski definition) is 2. The lowest BCUT2D eigenvalue weighted by atomic mass is 10.0. The molecule has 1 aliphatic rings. The third kappa shape index (κ3) is 3.18. The predicted octanol–water partition coefficient (Wildman–Crippen LogP) is 2.04. The van der Waals surface area contributed by atoms with E-state index < -0.39 is 0 Å². The second-order valence-corrected chi connectivity index (χ2v) is 5.16. The van der Waals surface area contributed by atoms with Gasteiger partial charge in [-0.2, -0.15) is 0 Å². The molecule has 3 nitrogen and oxygen atoms in total. The van der Waals surface area contributed by atoms with Gasteiger partial charge in [0.2, 0.25) is 0 Å². The number of amides is 1. The topological polar surface area (TPSA) is 29.5 Å². The normalized spacial score (nSPS) is 25.9. The summed E-state index contributed by atoms with van der Waals surface area (Å²) in [6.45, 7) is 7.64. The first-order chi connectivity index (χ1) is 7.07. The van der Waals surface area contributed by atoms with Crippen molar-refractivity contribution >= 4 is 21.8 Å². The fourth-order valence-electron chi connectivity index (χ4n) is 1.89. The van der Waals surface area contributed by atoms with Gasteiger partial charge in [-0.25, -0.2) is 0 Å². The highest BCUT2D eigenvalue weighted by atomic mass is 79.9. The molecule has 2 atom stereocenters. The van der Waals surface area contributed by atoms with Crippen molar-refractivity contribution in [2.75, 3.05) is 18.5 Å². The smallest absolute Gasteiger partial charge is 0.252 e. The lowest BCUT2D eigenvalue weighted by molar-refractivity contribution is -0.143. The highest BCUT2D eigenvalue weighted by Crippen LogP contribution is 2.22. The number of alkyl halides is 1. The van der Waals surface area contributed by atoms with Gasteiger partial charge in [-0.3, -0.25) is 4.79 Å². The highest BCUT2D eigenvalue weighted by Gasteiger charge is 2.34. The summed E-state index contributed by atoms with van der Waals surface area (Å²) in [7, 11) is 0. The maximum atomic E-state index is 12.2.